The van der Waals surface area contributed by atoms with Gasteiger partial charge in [0.2, 0.25) is 5.91 Å². The fourth-order valence-electron chi connectivity index (χ4n) is 3.05. The van der Waals surface area contributed by atoms with Gasteiger partial charge < -0.3 is 5.32 Å². The van der Waals surface area contributed by atoms with Gasteiger partial charge in [-0.2, -0.15) is 0 Å². The summed E-state index contributed by atoms with van der Waals surface area (Å²) in [5.74, 6) is -1.22. The maximum absolute atomic E-state index is 14.6. The van der Waals surface area contributed by atoms with Gasteiger partial charge in [0.05, 0.1) is 11.4 Å². The number of halogens is 2. The van der Waals surface area contributed by atoms with Gasteiger partial charge in [-0.05, 0) is 36.6 Å². The van der Waals surface area contributed by atoms with E-state index in [2.05, 4.69) is 15.5 Å². The van der Waals surface area contributed by atoms with Gasteiger partial charge in [-0.15, -0.1) is 22.0 Å². The molecule has 0 radical (unpaired) electrons. The summed E-state index contributed by atoms with van der Waals surface area (Å²) in [5, 5.41) is 11.6. The predicted octanol–water partition coefficient (Wildman–Crippen LogP) is 5.67. The molecular weight excluding hydrogens is 450 g/mol. The molecule has 0 atom stereocenters. The second kappa shape index (κ2) is 9.97. The van der Waals surface area contributed by atoms with Crippen LogP contribution in [0.1, 0.15) is 0 Å². The first-order valence-corrected chi connectivity index (χ1v) is 11.8. The quantitative estimate of drug-likeness (QED) is 0.355. The van der Waals surface area contributed by atoms with Crippen LogP contribution in [-0.4, -0.2) is 32.7 Å². The number of amides is 1. The van der Waals surface area contributed by atoms with Gasteiger partial charge in [0.25, 0.3) is 0 Å². The number of hydrogen-bond acceptors (Lipinski definition) is 5. The number of benzene rings is 3. The van der Waals surface area contributed by atoms with Gasteiger partial charge in [0.15, 0.2) is 11.0 Å². The number of carbonyl (C=O) groups excluding carboxylic acids is 1. The van der Waals surface area contributed by atoms with Gasteiger partial charge in [0.1, 0.15) is 11.6 Å². The Kier molecular flexibility index (Phi) is 6.87. The molecule has 0 aliphatic heterocycles. The van der Waals surface area contributed by atoms with Gasteiger partial charge in [-0.3, -0.25) is 9.36 Å². The number of aromatic nitrogens is 3. The Bertz CT molecular complexity index is 1250. The van der Waals surface area contributed by atoms with Gasteiger partial charge in [-0.25, -0.2) is 8.78 Å². The van der Waals surface area contributed by atoms with E-state index in [-0.39, 0.29) is 17.3 Å². The molecule has 1 heterocycles. The number of rotatable bonds is 7. The van der Waals surface area contributed by atoms with Crippen molar-refractivity contribution < 1.29 is 13.6 Å². The summed E-state index contributed by atoms with van der Waals surface area (Å²) < 4.78 is 29.6. The maximum atomic E-state index is 14.6. The molecule has 0 bridgehead atoms. The van der Waals surface area contributed by atoms with E-state index in [1.54, 1.807) is 11.8 Å². The highest BCUT2D eigenvalue weighted by Crippen LogP contribution is 2.29. The van der Waals surface area contributed by atoms with Crippen molar-refractivity contribution in [3.8, 4) is 17.1 Å². The second-order valence-corrected chi connectivity index (χ2v) is 8.49. The van der Waals surface area contributed by atoms with Crippen molar-refractivity contribution in [1.82, 2.24) is 14.8 Å². The standard InChI is InChI=1S/C23H18F2N4OS2/c1-31-18-9-5-8-17(13-18)26-21(30)14-32-23-28-27-22(15-6-3-2-4-7-15)29(23)20-11-10-16(24)12-19(20)25/h2-13H,14H2,1H3,(H,26,30). The zero-order valence-electron chi connectivity index (χ0n) is 17.0. The first kappa shape index (κ1) is 22.0. The first-order chi connectivity index (χ1) is 15.5. The number of nitrogens with one attached hydrogen (secondary N) is 1. The third kappa shape index (κ3) is 5.00. The Balaban J connectivity index is 1.61. The smallest absolute Gasteiger partial charge is 0.234 e. The van der Waals surface area contributed by atoms with Crippen molar-refractivity contribution >= 4 is 35.1 Å². The van der Waals surface area contributed by atoms with Crippen molar-refractivity contribution in [3.05, 3.63) is 84.4 Å². The molecule has 0 aliphatic rings. The Hall–Kier alpha value is -3.17. The monoisotopic (exact) mass is 468 g/mol. The summed E-state index contributed by atoms with van der Waals surface area (Å²) in [7, 11) is 0. The highest BCUT2D eigenvalue weighted by molar-refractivity contribution is 7.99. The van der Waals surface area contributed by atoms with Crippen LogP contribution < -0.4 is 5.32 Å². The number of thioether (sulfide) groups is 2. The van der Waals surface area contributed by atoms with E-state index in [0.717, 1.165) is 22.7 Å². The number of nitrogens with zero attached hydrogens (tertiary/aromatic N) is 3. The van der Waals surface area contributed by atoms with E-state index < -0.39 is 11.6 Å². The van der Waals surface area contributed by atoms with Crippen LogP contribution in [0, 0.1) is 11.6 Å². The Morgan fingerprint density at radius 2 is 1.81 bits per heavy atom. The van der Waals surface area contributed by atoms with E-state index in [9.17, 15) is 13.6 Å². The summed E-state index contributed by atoms with van der Waals surface area (Å²) in [6.07, 6.45) is 1.96. The number of anilines is 1. The zero-order chi connectivity index (χ0) is 22.5. The van der Waals surface area contributed by atoms with Crippen molar-refractivity contribution in [2.24, 2.45) is 0 Å². The molecule has 9 heteroatoms. The van der Waals surface area contributed by atoms with Crippen molar-refractivity contribution in [2.75, 3.05) is 17.3 Å². The minimum absolute atomic E-state index is 0.0409. The molecule has 4 rings (SSSR count). The topological polar surface area (TPSA) is 59.8 Å². The van der Waals surface area contributed by atoms with Gasteiger partial charge in [0, 0.05) is 22.2 Å². The van der Waals surface area contributed by atoms with E-state index in [0.29, 0.717) is 22.2 Å². The molecule has 5 nitrogen and oxygen atoms in total. The lowest BCUT2D eigenvalue weighted by Gasteiger charge is -2.11. The highest BCUT2D eigenvalue weighted by atomic mass is 32.2. The first-order valence-electron chi connectivity index (χ1n) is 9.58. The van der Waals surface area contributed by atoms with Crippen LogP contribution in [0.25, 0.3) is 17.1 Å². The molecule has 162 valence electrons. The lowest BCUT2D eigenvalue weighted by molar-refractivity contribution is -0.113. The Labute approximate surface area is 192 Å². The number of carbonyl (C=O) groups is 1. The minimum atomic E-state index is -0.748. The number of hydrogen-bond donors (Lipinski definition) is 1. The molecule has 3 aromatic carbocycles. The molecule has 0 saturated heterocycles. The molecule has 0 unspecified atom stereocenters. The lowest BCUT2D eigenvalue weighted by Crippen LogP contribution is -2.14. The van der Waals surface area contributed by atoms with E-state index in [1.165, 1.54) is 16.7 Å². The van der Waals surface area contributed by atoms with E-state index in [1.807, 2.05) is 60.9 Å². The van der Waals surface area contributed by atoms with Crippen molar-refractivity contribution in [2.45, 2.75) is 10.1 Å². The van der Waals surface area contributed by atoms with Crippen LogP contribution in [0.2, 0.25) is 0 Å². The predicted molar refractivity (Wildman–Crippen MR) is 124 cm³/mol. The maximum Gasteiger partial charge on any atom is 0.234 e. The summed E-state index contributed by atoms with van der Waals surface area (Å²) in [6.45, 7) is 0. The summed E-state index contributed by atoms with van der Waals surface area (Å²) >= 11 is 2.70. The van der Waals surface area contributed by atoms with E-state index >= 15 is 0 Å². The molecule has 0 fully saturated rings. The summed E-state index contributed by atoms with van der Waals surface area (Å²) in [5.41, 5.74) is 1.51. The van der Waals surface area contributed by atoms with E-state index in [4.69, 9.17) is 0 Å². The van der Waals surface area contributed by atoms with Crippen LogP contribution in [0.4, 0.5) is 14.5 Å². The minimum Gasteiger partial charge on any atom is -0.325 e. The van der Waals surface area contributed by atoms with Gasteiger partial charge >= 0.3 is 0 Å². The normalized spacial score (nSPS) is 10.8. The molecule has 4 aromatic rings. The lowest BCUT2D eigenvalue weighted by atomic mass is 10.2. The molecular formula is C23H18F2N4OS2. The average Bonchev–Trinajstić information content (AvgIpc) is 3.22. The molecule has 1 aromatic heterocycles. The summed E-state index contributed by atoms with van der Waals surface area (Å²) in [4.78, 5) is 13.5. The SMILES string of the molecule is CSc1cccc(NC(=O)CSc2nnc(-c3ccccc3)n2-c2ccc(F)cc2F)c1. The van der Waals surface area contributed by atoms with Crippen LogP contribution in [0.15, 0.2) is 82.8 Å². The van der Waals surface area contributed by atoms with Crippen LogP contribution in [0.3, 0.4) is 0 Å². The molecule has 1 N–H and O–H groups in total. The second-order valence-electron chi connectivity index (χ2n) is 6.67. The third-order valence-corrected chi connectivity index (χ3v) is 6.16. The molecule has 0 aliphatic carbocycles. The third-order valence-electron chi connectivity index (χ3n) is 4.50. The fraction of sp³-hybridized carbons (Fsp3) is 0.0870. The molecule has 0 saturated carbocycles. The summed E-state index contributed by atoms with van der Waals surface area (Å²) in [6, 6.07) is 20.0. The molecule has 1 amide bonds. The van der Waals surface area contributed by atoms with Gasteiger partial charge in [-0.1, -0.05) is 48.2 Å². The largest absolute Gasteiger partial charge is 0.325 e. The zero-order valence-corrected chi connectivity index (χ0v) is 18.6. The van der Waals surface area contributed by atoms with Crippen LogP contribution in [-0.2, 0) is 4.79 Å². The van der Waals surface area contributed by atoms with Crippen LogP contribution in [0.5, 0.6) is 0 Å². The van der Waals surface area contributed by atoms with Crippen molar-refractivity contribution in [3.63, 3.8) is 0 Å². The Morgan fingerprint density at radius 3 is 2.56 bits per heavy atom. The molecule has 0 spiro atoms. The van der Waals surface area contributed by atoms with Crippen LogP contribution >= 0.6 is 23.5 Å². The fourth-order valence-corrected chi connectivity index (χ4v) is 4.25. The molecule has 32 heavy (non-hydrogen) atoms. The highest BCUT2D eigenvalue weighted by Gasteiger charge is 2.20. The van der Waals surface area contributed by atoms with Crippen molar-refractivity contribution in [1.29, 1.82) is 0 Å². The Morgan fingerprint density at radius 1 is 1.00 bits per heavy atom. The average molecular weight is 469 g/mol.